The summed E-state index contributed by atoms with van der Waals surface area (Å²) in [6.07, 6.45) is 0.841. The number of anilines is 1. The smallest absolute Gasteiger partial charge is 0.300 e. The lowest BCUT2D eigenvalue weighted by atomic mass is 9.84. The fraction of sp³-hybridized carbons (Fsp3) is 0.267. The summed E-state index contributed by atoms with van der Waals surface area (Å²) in [6, 6.07) is 18.1. The molecule has 1 atom stereocenters. The molecule has 4 rings (SSSR count). The number of carbonyl (C=O) groups is 2. The Labute approximate surface area is 211 Å². The van der Waals surface area contributed by atoms with Crippen molar-refractivity contribution in [2.24, 2.45) is 0 Å². The van der Waals surface area contributed by atoms with E-state index >= 15 is 0 Å². The number of aryl methyl sites for hydroxylation is 1. The number of methoxy groups -OCH3 is 1. The molecule has 3 aromatic carbocycles. The lowest BCUT2D eigenvalue weighted by Gasteiger charge is -2.26. The lowest BCUT2D eigenvalue weighted by Crippen LogP contribution is -2.29. The van der Waals surface area contributed by atoms with Gasteiger partial charge in [0.05, 0.1) is 18.7 Å². The lowest BCUT2D eigenvalue weighted by molar-refractivity contribution is -0.132. The number of benzene rings is 3. The number of ether oxygens (including phenoxy) is 1. The molecule has 186 valence electrons. The predicted molar refractivity (Wildman–Crippen MR) is 140 cm³/mol. The number of rotatable bonds is 5. The Balaban J connectivity index is 1.94. The molecule has 1 amide bonds. The van der Waals surface area contributed by atoms with Crippen molar-refractivity contribution in [2.75, 3.05) is 12.0 Å². The first-order valence-electron chi connectivity index (χ1n) is 11.9. The zero-order chi connectivity index (χ0) is 26.2. The first-order chi connectivity index (χ1) is 17.1. The van der Waals surface area contributed by atoms with Crippen LogP contribution in [0.2, 0.25) is 0 Å². The number of amides is 1. The first-order valence-corrected chi connectivity index (χ1v) is 11.9. The third-order valence-electron chi connectivity index (χ3n) is 6.56. The normalized spacial score (nSPS) is 17.5. The molecule has 1 aliphatic heterocycles. The zero-order valence-corrected chi connectivity index (χ0v) is 21.2. The Morgan fingerprint density at radius 1 is 0.972 bits per heavy atom. The van der Waals surface area contributed by atoms with Crippen LogP contribution < -0.4 is 9.64 Å². The van der Waals surface area contributed by atoms with Gasteiger partial charge in [0.1, 0.15) is 17.3 Å². The first kappa shape index (κ1) is 25.0. The quantitative estimate of drug-likeness (QED) is 0.267. The van der Waals surface area contributed by atoms with Gasteiger partial charge in [-0.2, -0.15) is 0 Å². The summed E-state index contributed by atoms with van der Waals surface area (Å²) in [7, 11) is 1.59. The van der Waals surface area contributed by atoms with Gasteiger partial charge >= 0.3 is 0 Å². The minimum atomic E-state index is -0.863. The number of aliphatic hydroxyl groups excluding tert-OH is 1. The van der Waals surface area contributed by atoms with E-state index in [1.807, 2.05) is 52.0 Å². The second-order valence-electron chi connectivity index (χ2n) is 9.95. The molecule has 2 N–H and O–H groups in total. The molecule has 1 fully saturated rings. The molecular formula is C30H31NO5. The summed E-state index contributed by atoms with van der Waals surface area (Å²) in [4.78, 5) is 28.2. The maximum absolute atomic E-state index is 13.4. The molecule has 6 heteroatoms. The highest BCUT2D eigenvalue weighted by Crippen LogP contribution is 2.43. The molecule has 1 unspecified atom stereocenters. The Morgan fingerprint density at radius 3 is 2.17 bits per heavy atom. The van der Waals surface area contributed by atoms with E-state index < -0.39 is 17.7 Å². The third kappa shape index (κ3) is 4.47. The number of nitrogens with zero attached hydrogens (tertiary/aromatic N) is 1. The molecule has 0 spiro atoms. The Kier molecular flexibility index (Phi) is 6.63. The van der Waals surface area contributed by atoms with Gasteiger partial charge in [-0.15, -0.1) is 0 Å². The fourth-order valence-corrected chi connectivity index (χ4v) is 4.56. The molecule has 1 heterocycles. The maximum Gasteiger partial charge on any atom is 0.300 e. The molecule has 0 bridgehead atoms. The number of hydrogen-bond donors (Lipinski definition) is 2. The molecule has 0 radical (unpaired) electrons. The van der Waals surface area contributed by atoms with Crippen LogP contribution in [-0.2, 0) is 21.4 Å². The van der Waals surface area contributed by atoms with Crippen LogP contribution >= 0.6 is 0 Å². The Bertz CT molecular complexity index is 1330. The Hall–Kier alpha value is -4.06. The third-order valence-corrected chi connectivity index (χ3v) is 6.56. The number of carbonyl (C=O) groups excluding carboxylic acids is 2. The van der Waals surface area contributed by atoms with Crippen LogP contribution in [0.15, 0.2) is 72.3 Å². The van der Waals surface area contributed by atoms with Crippen molar-refractivity contribution in [3.05, 3.63) is 94.6 Å². The van der Waals surface area contributed by atoms with Crippen molar-refractivity contribution in [1.29, 1.82) is 0 Å². The van der Waals surface area contributed by atoms with Gasteiger partial charge < -0.3 is 14.9 Å². The van der Waals surface area contributed by atoms with Crippen LogP contribution in [0, 0.1) is 0 Å². The van der Waals surface area contributed by atoms with E-state index in [1.165, 1.54) is 17.0 Å². The summed E-state index contributed by atoms with van der Waals surface area (Å²) in [6.45, 7) is 8.14. The summed E-state index contributed by atoms with van der Waals surface area (Å²) in [5.41, 5.74) is 3.24. The van der Waals surface area contributed by atoms with Gasteiger partial charge in [0, 0.05) is 16.8 Å². The van der Waals surface area contributed by atoms with Crippen molar-refractivity contribution in [3.8, 4) is 11.5 Å². The molecule has 6 nitrogen and oxygen atoms in total. The van der Waals surface area contributed by atoms with Crippen LogP contribution in [-0.4, -0.2) is 29.0 Å². The van der Waals surface area contributed by atoms with Crippen molar-refractivity contribution >= 4 is 23.1 Å². The van der Waals surface area contributed by atoms with E-state index in [1.54, 1.807) is 37.4 Å². The molecule has 1 aliphatic rings. The monoisotopic (exact) mass is 485 g/mol. The molecular weight excluding hydrogens is 454 g/mol. The van der Waals surface area contributed by atoms with E-state index in [0.717, 1.165) is 17.5 Å². The number of aliphatic hydroxyl groups is 1. The molecule has 3 aromatic rings. The van der Waals surface area contributed by atoms with Crippen LogP contribution in [0.1, 0.15) is 56.0 Å². The van der Waals surface area contributed by atoms with Gasteiger partial charge in [0.15, 0.2) is 0 Å². The van der Waals surface area contributed by atoms with Crippen LogP contribution in [0.5, 0.6) is 11.5 Å². The number of phenolic OH excluding ortho intramolecular Hbond substituents is 1. The minimum absolute atomic E-state index is 0.00437. The summed E-state index contributed by atoms with van der Waals surface area (Å²) in [5.74, 6) is -1.01. The van der Waals surface area contributed by atoms with E-state index in [2.05, 4.69) is 0 Å². The zero-order valence-electron chi connectivity index (χ0n) is 21.2. The van der Waals surface area contributed by atoms with Gasteiger partial charge in [-0.1, -0.05) is 52.0 Å². The predicted octanol–water partition coefficient (Wildman–Crippen LogP) is 5.89. The molecule has 1 saturated heterocycles. The van der Waals surface area contributed by atoms with Crippen LogP contribution in [0.3, 0.4) is 0 Å². The van der Waals surface area contributed by atoms with E-state index in [0.29, 0.717) is 22.6 Å². The second-order valence-corrected chi connectivity index (χ2v) is 9.95. The number of ketones is 1. The number of hydrogen-bond acceptors (Lipinski definition) is 5. The largest absolute Gasteiger partial charge is 0.508 e. The number of Topliss-reactive ketones (excluding diaryl/α,β-unsaturated/α-hetero) is 1. The highest BCUT2D eigenvalue weighted by molar-refractivity contribution is 6.51. The number of phenols is 1. The number of aromatic hydroxyl groups is 1. The fourth-order valence-electron chi connectivity index (χ4n) is 4.56. The van der Waals surface area contributed by atoms with Gasteiger partial charge in [0.2, 0.25) is 0 Å². The van der Waals surface area contributed by atoms with E-state index in [-0.39, 0.29) is 22.5 Å². The van der Waals surface area contributed by atoms with Gasteiger partial charge in [-0.05, 0) is 65.4 Å². The van der Waals surface area contributed by atoms with Crippen molar-refractivity contribution < 1.29 is 24.5 Å². The van der Waals surface area contributed by atoms with Crippen molar-refractivity contribution in [1.82, 2.24) is 0 Å². The molecule has 0 saturated carbocycles. The Morgan fingerprint density at radius 2 is 1.61 bits per heavy atom. The molecule has 0 aliphatic carbocycles. The van der Waals surface area contributed by atoms with E-state index in [4.69, 9.17) is 4.74 Å². The summed E-state index contributed by atoms with van der Waals surface area (Å²) < 4.78 is 5.51. The molecule has 0 aromatic heterocycles. The average Bonchev–Trinajstić information content (AvgIpc) is 3.13. The average molecular weight is 486 g/mol. The van der Waals surface area contributed by atoms with Gasteiger partial charge in [-0.3, -0.25) is 14.5 Å². The second kappa shape index (κ2) is 9.53. The minimum Gasteiger partial charge on any atom is -0.508 e. The standard InChI is InChI=1S/C30H31NO5/c1-6-18-7-12-21(13-8-18)31-26(19-9-14-22(32)15-10-19)25(28(34)29(31)35)27(33)20-11-16-24(36-5)23(17-20)30(2,3)4/h7-17,26,32-33H,6H2,1-5H3/b27-25-. The maximum atomic E-state index is 13.4. The van der Waals surface area contributed by atoms with Gasteiger partial charge in [-0.25, -0.2) is 0 Å². The van der Waals surface area contributed by atoms with Crippen molar-refractivity contribution in [2.45, 2.75) is 45.6 Å². The summed E-state index contributed by atoms with van der Waals surface area (Å²) >= 11 is 0. The SMILES string of the molecule is CCc1ccc(N2C(=O)C(=O)/C(=C(\O)c3ccc(OC)c(C(C)(C)C)c3)C2c2ccc(O)cc2)cc1. The van der Waals surface area contributed by atoms with E-state index in [9.17, 15) is 19.8 Å². The molecule has 36 heavy (non-hydrogen) atoms. The highest BCUT2D eigenvalue weighted by atomic mass is 16.5. The van der Waals surface area contributed by atoms with Crippen molar-refractivity contribution in [3.63, 3.8) is 0 Å². The van der Waals surface area contributed by atoms with Crippen LogP contribution in [0.25, 0.3) is 5.76 Å². The van der Waals surface area contributed by atoms with Crippen LogP contribution in [0.4, 0.5) is 5.69 Å². The highest BCUT2D eigenvalue weighted by Gasteiger charge is 2.47. The topological polar surface area (TPSA) is 87.1 Å². The summed E-state index contributed by atoms with van der Waals surface area (Å²) in [5, 5.41) is 21.3. The van der Waals surface area contributed by atoms with Gasteiger partial charge in [0.25, 0.3) is 11.7 Å².